The van der Waals surface area contributed by atoms with Crippen LogP contribution < -0.4 is 5.06 Å². The average Bonchev–Trinajstić information content (AvgIpc) is 2.43. The molecule has 6 nitrogen and oxygen atoms in total. The molecule has 0 radical (unpaired) electrons. The predicted molar refractivity (Wildman–Crippen MR) is 66.3 cm³/mol. The molecule has 2 aromatic carbocycles. The van der Waals surface area contributed by atoms with E-state index in [2.05, 4.69) is 0 Å². The van der Waals surface area contributed by atoms with Crippen molar-refractivity contribution in [3.05, 3.63) is 35.4 Å². The molecule has 0 bridgehead atoms. The number of hydrogen-bond acceptors (Lipinski definition) is 6. The lowest BCUT2D eigenvalue weighted by atomic mass is 9.95. The summed E-state index contributed by atoms with van der Waals surface area (Å²) in [6.45, 7) is 0. The van der Waals surface area contributed by atoms with Crippen LogP contribution in [0.15, 0.2) is 24.3 Å². The fourth-order valence-electron chi connectivity index (χ4n) is 2.31. The third kappa shape index (κ3) is 1.40. The van der Waals surface area contributed by atoms with Crippen LogP contribution in [-0.2, 0) is 6.42 Å². The fourth-order valence-corrected chi connectivity index (χ4v) is 2.31. The summed E-state index contributed by atoms with van der Waals surface area (Å²) in [4.78, 5) is 0. The molecule has 19 heavy (non-hydrogen) atoms. The standard InChI is InChI=1S/C13H11NO5/c15-10-7-5-6-3-1-2-4-8(6)14(19)9(7)11(16)13(18)12(10)17/h1-4,15-19H,5H2. The zero-order chi connectivity index (χ0) is 13.7. The topological polar surface area (TPSA) is 104 Å². The van der Waals surface area contributed by atoms with Gasteiger partial charge in [0.05, 0.1) is 5.69 Å². The lowest BCUT2D eigenvalue weighted by Crippen LogP contribution is -2.19. The average molecular weight is 261 g/mol. The molecule has 0 saturated heterocycles. The molecule has 0 unspecified atom stereocenters. The van der Waals surface area contributed by atoms with Crippen molar-refractivity contribution in [1.29, 1.82) is 0 Å². The summed E-state index contributed by atoms with van der Waals surface area (Å²) in [5.74, 6) is -2.90. The van der Waals surface area contributed by atoms with Crippen molar-refractivity contribution in [2.75, 3.05) is 5.06 Å². The van der Waals surface area contributed by atoms with Crippen molar-refractivity contribution >= 4 is 11.4 Å². The number of nitrogens with zero attached hydrogens (tertiary/aromatic N) is 1. The van der Waals surface area contributed by atoms with Crippen molar-refractivity contribution in [3.8, 4) is 23.0 Å². The Hall–Kier alpha value is -2.60. The van der Waals surface area contributed by atoms with Crippen LogP contribution in [0.4, 0.5) is 11.4 Å². The number of phenolic OH excluding ortho intramolecular Hbond substituents is 4. The number of anilines is 2. The summed E-state index contributed by atoms with van der Waals surface area (Å²) in [6.07, 6.45) is 0.218. The van der Waals surface area contributed by atoms with Crippen molar-refractivity contribution in [3.63, 3.8) is 0 Å². The molecule has 5 N–H and O–H groups in total. The number of para-hydroxylation sites is 1. The number of fused-ring (bicyclic) bond motifs is 2. The third-order valence-corrected chi connectivity index (χ3v) is 3.27. The Balaban J connectivity index is 2.32. The van der Waals surface area contributed by atoms with Gasteiger partial charge in [0.2, 0.25) is 11.5 Å². The van der Waals surface area contributed by atoms with E-state index in [0.717, 1.165) is 5.56 Å². The second-order valence-electron chi connectivity index (χ2n) is 4.34. The van der Waals surface area contributed by atoms with E-state index in [1.54, 1.807) is 24.3 Å². The van der Waals surface area contributed by atoms with Gasteiger partial charge in [-0.2, -0.15) is 0 Å². The molecule has 0 aromatic heterocycles. The zero-order valence-electron chi connectivity index (χ0n) is 9.70. The van der Waals surface area contributed by atoms with Gasteiger partial charge in [-0.15, -0.1) is 0 Å². The minimum atomic E-state index is -0.866. The highest BCUT2D eigenvalue weighted by Gasteiger charge is 2.31. The quantitative estimate of drug-likeness (QED) is 0.367. The molecule has 0 saturated carbocycles. The molecule has 6 heteroatoms. The number of hydrogen-bond donors (Lipinski definition) is 5. The SMILES string of the molecule is Oc1c(O)c(O)c2c(c1O)Cc1ccccc1N2O. The van der Waals surface area contributed by atoms with E-state index >= 15 is 0 Å². The Kier molecular flexibility index (Phi) is 2.23. The lowest BCUT2D eigenvalue weighted by molar-refractivity contribution is 0.286. The van der Waals surface area contributed by atoms with Gasteiger partial charge in [-0.05, 0) is 11.6 Å². The maximum atomic E-state index is 10.1. The van der Waals surface area contributed by atoms with Gasteiger partial charge in [0.25, 0.3) is 0 Å². The predicted octanol–water partition coefficient (Wildman–Crippen LogP) is 1.94. The number of aromatic hydroxyl groups is 4. The highest BCUT2D eigenvalue weighted by Crippen LogP contribution is 2.55. The molecule has 1 aliphatic heterocycles. The minimum Gasteiger partial charge on any atom is -0.504 e. The van der Waals surface area contributed by atoms with E-state index < -0.39 is 23.0 Å². The van der Waals surface area contributed by atoms with Crippen molar-refractivity contribution in [2.24, 2.45) is 0 Å². The van der Waals surface area contributed by atoms with Gasteiger partial charge in [0.1, 0.15) is 5.69 Å². The summed E-state index contributed by atoms with van der Waals surface area (Å²) >= 11 is 0. The molecule has 0 aliphatic carbocycles. The van der Waals surface area contributed by atoms with Crippen LogP contribution in [0.1, 0.15) is 11.1 Å². The highest BCUT2D eigenvalue weighted by atomic mass is 16.5. The first-order chi connectivity index (χ1) is 9.02. The summed E-state index contributed by atoms with van der Waals surface area (Å²) in [7, 11) is 0. The highest BCUT2D eigenvalue weighted by molar-refractivity contribution is 5.83. The van der Waals surface area contributed by atoms with Gasteiger partial charge < -0.3 is 20.4 Å². The second kappa shape index (κ2) is 3.69. The second-order valence-corrected chi connectivity index (χ2v) is 4.34. The first-order valence-electron chi connectivity index (χ1n) is 5.58. The number of benzene rings is 2. The van der Waals surface area contributed by atoms with E-state index in [-0.39, 0.29) is 17.7 Å². The fraction of sp³-hybridized carbons (Fsp3) is 0.0769. The van der Waals surface area contributed by atoms with Gasteiger partial charge >= 0.3 is 0 Å². The molecule has 1 heterocycles. The maximum absolute atomic E-state index is 10.1. The summed E-state index contributed by atoms with van der Waals surface area (Å²) in [5.41, 5.74) is 1.17. The van der Waals surface area contributed by atoms with Crippen LogP contribution in [-0.4, -0.2) is 25.6 Å². The Bertz CT molecular complexity index is 683. The molecule has 0 spiro atoms. The molecule has 0 fully saturated rings. The largest absolute Gasteiger partial charge is 0.504 e. The Morgan fingerprint density at radius 2 is 1.47 bits per heavy atom. The third-order valence-electron chi connectivity index (χ3n) is 3.27. The van der Waals surface area contributed by atoms with Gasteiger partial charge in [0, 0.05) is 12.0 Å². The molecular formula is C13H11NO5. The molecule has 3 rings (SSSR count). The molecule has 2 aromatic rings. The smallest absolute Gasteiger partial charge is 0.206 e. The normalized spacial score (nSPS) is 13.0. The lowest BCUT2D eigenvalue weighted by Gasteiger charge is -2.29. The Morgan fingerprint density at radius 3 is 2.21 bits per heavy atom. The van der Waals surface area contributed by atoms with Gasteiger partial charge in [-0.3, -0.25) is 5.21 Å². The molecule has 98 valence electrons. The molecular weight excluding hydrogens is 250 g/mol. The minimum absolute atomic E-state index is 0.133. The monoisotopic (exact) mass is 261 g/mol. The summed E-state index contributed by atoms with van der Waals surface area (Å²) in [6, 6.07) is 6.87. The van der Waals surface area contributed by atoms with Gasteiger partial charge in [-0.25, -0.2) is 5.06 Å². The zero-order valence-corrected chi connectivity index (χ0v) is 9.70. The maximum Gasteiger partial charge on any atom is 0.206 e. The van der Waals surface area contributed by atoms with E-state index in [1.807, 2.05) is 0 Å². The first kappa shape index (κ1) is 11.5. The van der Waals surface area contributed by atoms with Gasteiger partial charge in [-0.1, -0.05) is 18.2 Å². The molecule has 0 atom stereocenters. The molecule has 0 amide bonds. The van der Waals surface area contributed by atoms with E-state index in [1.165, 1.54) is 0 Å². The number of phenols is 4. The van der Waals surface area contributed by atoms with E-state index in [0.29, 0.717) is 10.8 Å². The van der Waals surface area contributed by atoms with Gasteiger partial charge in [0.15, 0.2) is 11.5 Å². The van der Waals surface area contributed by atoms with Crippen LogP contribution in [0.5, 0.6) is 23.0 Å². The molecule has 1 aliphatic rings. The van der Waals surface area contributed by atoms with Crippen molar-refractivity contribution < 1.29 is 25.6 Å². The van der Waals surface area contributed by atoms with Crippen LogP contribution in [0.2, 0.25) is 0 Å². The van der Waals surface area contributed by atoms with E-state index in [9.17, 15) is 25.6 Å². The first-order valence-corrected chi connectivity index (χ1v) is 5.58. The van der Waals surface area contributed by atoms with Crippen molar-refractivity contribution in [1.82, 2.24) is 0 Å². The van der Waals surface area contributed by atoms with Crippen molar-refractivity contribution in [2.45, 2.75) is 6.42 Å². The number of rotatable bonds is 0. The van der Waals surface area contributed by atoms with Crippen LogP contribution in [0, 0.1) is 0 Å². The Morgan fingerprint density at radius 1 is 0.842 bits per heavy atom. The van der Waals surface area contributed by atoms with Crippen LogP contribution in [0.25, 0.3) is 0 Å². The summed E-state index contributed by atoms with van der Waals surface area (Å²) < 4.78 is 0. The van der Waals surface area contributed by atoms with Crippen LogP contribution in [0.3, 0.4) is 0 Å². The van der Waals surface area contributed by atoms with E-state index in [4.69, 9.17) is 0 Å². The van der Waals surface area contributed by atoms with Crippen LogP contribution >= 0.6 is 0 Å². The Labute approximate surface area is 108 Å². The summed E-state index contributed by atoms with van der Waals surface area (Å²) in [5, 5.41) is 49.5.